The van der Waals surface area contributed by atoms with Gasteiger partial charge in [0.25, 0.3) is 0 Å². The van der Waals surface area contributed by atoms with Gasteiger partial charge in [0.05, 0.1) is 0 Å². The molecule has 0 amide bonds. The van der Waals surface area contributed by atoms with Gasteiger partial charge in [-0.15, -0.1) is 0 Å². The summed E-state index contributed by atoms with van der Waals surface area (Å²) in [5, 5.41) is 2.81. The number of pyridine rings is 1. The molecule has 2 aromatic rings. The van der Waals surface area contributed by atoms with Crippen molar-refractivity contribution in [1.29, 1.82) is 0 Å². The van der Waals surface area contributed by atoms with Crippen LogP contribution in [0.5, 0.6) is 0 Å². The second-order valence-electron chi connectivity index (χ2n) is 5.89. The first-order chi connectivity index (χ1) is 9.22. The van der Waals surface area contributed by atoms with Crippen LogP contribution in [0.25, 0.3) is 23.4 Å². The van der Waals surface area contributed by atoms with E-state index in [1.54, 1.807) is 0 Å². The van der Waals surface area contributed by atoms with E-state index in [0.717, 1.165) is 11.8 Å². The highest BCUT2D eigenvalue weighted by molar-refractivity contribution is 5.62. The number of fused-ring (bicyclic) bond motifs is 2. The van der Waals surface area contributed by atoms with Crippen molar-refractivity contribution in [3.8, 4) is 11.3 Å². The van der Waals surface area contributed by atoms with Crippen molar-refractivity contribution in [2.75, 3.05) is 0 Å². The van der Waals surface area contributed by atoms with Gasteiger partial charge in [0.1, 0.15) is 7.05 Å². The summed E-state index contributed by atoms with van der Waals surface area (Å²) in [6.45, 7) is 2.18. The van der Waals surface area contributed by atoms with Crippen LogP contribution in [0.1, 0.15) is 12.0 Å². The summed E-state index contributed by atoms with van der Waals surface area (Å²) in [6.07, 6.45) is 8.53. The minimum absolute atomic E-state index is 0.810. The first kappa shape index (κ1) is 11.0. The molecule has 1 heteroatoms. The van der Waals surface area contributed by atoms with E-state index in [4.69, 9.17) is 0 Å². The number of aromatic nitrogens is 1. The number of benzene rings is 1. The molecule has 1 aromatic carbocycles. The van der Waals surface area contributed by atoms with Crippen LogP contribution in [-0.4, -0.2) is 0 Å². The highest BCUT2D eigenvalue weighted by atomic mass is 14.9. The zero-order valence-electron chi connectivity index (χ0n) is 11.4. The van der Waals surface area contributed by atoms with Gasteiger partial charge < -0.3 is 0 Å². The zero-order valence-corrected chi connectivity index (χ0v) is 11.4. The third-order valence-electron chi connectivity index (χ3n) is 4.44. The first-order valence-electron chi connectivity index (χ1n) is 7.02. The lowest BCUT2D eigenvalue weighted by molar-refractivity contribution is -0.661. The maximum Gasteiger partial charge on any atom is 0.213 e. The van der Waals surface area contributed by atoms with E-state index < -0.39 is 0 Å². The molecule has 0 bridgehead atoms. The van der Waals surface area contributed by atoms with Gasteiger partial charge in [0.15, 0.2) is 6.20 Å². The Kier molecular flexibility index (Phi) is 2.20. The van der Waals surface area contributed by atoms with E-state index in [0.29, 0.717) is 0 Å². The third-order valence-corrected chi connectivity index (χ3v) is 4.44. The average molecular weight is 248 g/mol. The Hall–Kier alpha value is -1.89. The fourth-order valence-corrected chi connectivity index (χ4v) is 3.18. The standard InChI is InChI=1S/C18H18N/c1-12-5-3-4-6-17(12)18-10-15-8-13-7-14(13)9-16(15)11-19(18)2/h3-6,8-11,13-14H,7H2,1-2H3/q+1. The molecule has 1 saturated carbocycles. The Balaban J connectivity index is 1.99. The maximum atomic E-state index is 2.46. The lowest BCUT2D eigenvalue weighted by Crippen LogP contribution is -2.42. The smallest absolute Gasteiger partial charge is 0.200 e. The largest absolute Gasteiger partial charge is 0.213 e. The number of nitrogens with zero attached hydrogens (tertiary/aromatic N) is 1. The van der Waals surface area contributed by atoms with Crippen molar-refractivity contribution < 1.29 is 4.57 Å². The van der Waals surface area contributed by atoms with Crippen LogP contribution >= 0.6 is 0 Å². The van der Waals surface area contributed by atoms with Gasteiger partial charge in [-0.1, -0.05) is 30.4 Å². The van der Waals surface area contributed by atoms with Crippen LogP contribution in [0, 0.1) is 18.8 Å². The quantitative estimate of drug-likeness (QED) is 0.676. The molecule has 94 valence electrons. The molecule has 4 rings (SSSR count). The molecular weight excluding hydrogens is 230 g/mol. The van der Waals surface area contributed by atoms with E-state index in [1.165, 1.54) is 33.7 Å². The minimum Gasteiger partial charge on any atom is -0.200 e. The molecule has 0 spiro atoms. The summed E-state index contributed by atoms with van der Waals surface area (Å²) in [6, 6.07) is 11.0. The summed E-state index contributed by atoms with van der Waals surface area (Å²) in [4.78, 5) is 0. The molecular formula is C18H18N+. The maximum absolute atomic E-state index is 2.46. The predicted molar refractivity (Wildman–Crippen MR) is 77.6 cm³/mol. The lowest BCUT2D eigenvalue weighted by atomic mass is 10.0. The SMILES string of the molecule is Cc1ccccc1-c1cc2c(c[n+]1C)=CC1CC1C=2. The molecule has 0 radical (unpaired) electrons. The fraction of sp³-hybridized carbons (Fsp3) is 0.278. The van der Waals surface area contributed by atoms with E-state index in [1.807, 2.05) is 0 Å². The van der Waals surface area contributed by atoms with Crippen LogP contribution in [0.3, 0.4) is 0 Å². The van der Waals surface area contributed by atoms with Gasteiger partial charge in [-0.2, -0.15) is 0 Å². The second-order valence-corrected chi connectivity index (χ2v) is 5.89. The summed E-state index contributed by atoms with van der Waals surface area (Å²) in [5.41, 5.74) is 3.97. The predicted octanol–water partition coefficient (Wildman–Crippen LogP) is 1.70. The van der Waals surface area contributed by atoms with Gasteiger partial charge in [0, 0.05) is 16.8 Å². The van der Waals surface area contributed by atoms with Gasteiger partial charge in [-0.3, -0.25) is 0 Å². The van der Waals surface area contributed by atoms with Crippen molar-refractivity contribution in [3.63, 3.8) is 0 Å². The van der Waals surface area contributed by atoms with Crippen molar-refractivity contribution in [2.24, 2.45) is 18.9 Å². The van der Waals surface area contributed by atoms with Crippen molar-refractivity contribution in [3.05, 3.63) is 52.5 Å². The summed E-state index contributed by atoms with van der Waals surface area (Å²) >= 11 is 0. The van der Waals surface area contributed by atoms with E-state index in [-0.39, 0.29) is 0 Å². The molecule has 1 fully saturated rings. The lowest BCUT2D eigenvalue weighted by Gasteiger charge is -2.05. The molecule has 0 aliphatic heterocycles. The molecule has 0 N–H and O–H groups in total. The molecule has 1 heterocycles. The van der Waals surface area contributed by atoms with Crippen molar-refractivity contribution >= 4 is 12.2 Å². The molecule has 0 saturated heterocycles. The zero-order chi connectivity index (χ0) is 13.0. The molecule has 2 aliphatic rings. The van der Waals surface area contributed by atoms with Crippen LogP contribution in [0.2, 0.25) is 0 Å². The third kappa shape index (κ3) is 1.73. The van der Waals surface area contributed by atoms with Crippen LogP contribution in [0.4, 0.5) is 0 Å². The molecule has 2 aliphatic carbocycles. The number of hydrogen-bond donors (Lipinski definition) is 0. The number of rotatable bonds is 1. The Morgan fingerprint density at radius 3 is 2.58 bits per heavy atom. The van der Waals surface area contributed by atoms with E-state index in [2.05, 4.69) is 67.2 Å². The molecule has 2 atom stereocenters. The Labute approximate surface area is 113 Å². The number of hydrogen-bond acceptors (Lipinski definition) is 0. The van der Waals surface area contributed by atoms with E-state index in [9.17, 15) is 0 Å². The Bertz CT molecular complexity index is 786. The minimum atomic E-state index is 0.810. The molecule has 1 nitrogen and oxygen atoms in total. The molecule has 2 unspecified atom stereocenters. The normalized spacial score (nSPS) is 22.8. The molecule has 19 heavy (non-hydrogen) atoms. The Morgan fingerprint density at radius 2 is 1.79 bits per heavy atom. The highest BCUT2D eigenvalue weighted by Gasteiger charge is 2.35. The highest BCUT2D eigenvalue weighted by Crippen LogP contribution is 2.41. The van der Waals surface area contributed by atoms with Gasteiger partial charge in [-0.25, -0.2) is 4.57 Å². The van der Waals surface area contributed by atoms with Gasteiger partial charge in [0.2, 0.25) is 5.69 Å². The van der Waals surface area contributed by atoms with Crippen LogP contribution in [0.15, 0.2) is 36.5 Å². The van der Waals surface area contributed by atoms with Crippen molar-refractivity contribution in [2.45, 2.75) is 13.3 Å². The average Bonchev–Trinajstić information content (AvgIpc) is 3.14. The fourth-order valence-electron chi connectivity index (χ4n) is 3.18. The van der Waals surface area contributed by atoms with Crippen molar-refractivity contribution in [1.82, 2.24) is 0 Å². The monoisotopic (exact) mass is 248 g/mol. The van der Waals surface area contributed by atoms with E-state index >= 15 is 0 Å². The van der Waals surface area contributed by atoms with Crippen LogP contribution < -0.4 is 15.0 Å². The first-order valence-corrected chi connectivity index (χ1v) is 7.02. The number of aryl methyl sites for hydroxylation is 2. The molecule has 1 aromatic heterocycles. The second kappa shape index (κ2) is 3.80. The van der Waals surface area contributed by atoms with Gasteiger partial charge >= 0.3 is 0 Å². The summed E-state index contributed by atoms with van der Waals surface area (Å²) in [7, 11) is 2.15. The Morgan fingerprint density at radius 1 is 1.05 bits per heavy atom. The topological polar surface area (TPSA) is 3.88 Å². The summed E-state index contributed by atoms with van der Waals surface area (Å²) in [5.74, 6) is 1.63. The van der Waals surface area contributed by atoms with Crippen LogP contribution in [-0.2, 0) is 7.05 Å². The van der Waals surface area contributed by atoms with Gasteiger partial charge in [-0.05, 0) is 42.0 Å². The summed E-state index contributed by atoms with van der Waals surface area (Å²) < 4.78 is 2.26.